The molecule has 0 spiro atoms. The average Bonchev–Trinajstić information content (AvgIpc) is 3.04. The molecule has 2 aromatic rings. The van der Waals surface area contributed by atoms with Crippen LogP contribution >= 0.6 is 22.9 Å². The first-order valence-electron chi connectivity index (χ1n) is 7.41. The lowest BCUT2D eigenvalue weighted by atomic mass is 10.2. The highest BCUT2D eigenvalue weighted by Crippen LogP contribution is 2.22. The zero-order valence-electron chi connectivity index (χ0n) is 13.4. The quantitative estimate of drug-likeness (QED) is 0.489. The minimum absolute atomic E-state index is 0.0691. The molecule has 1 aromatic carbocycles. The van der Waals surface area contributed by atoms with Gasteiger partial charge < -0.3 is 4.74 Å². The van der Waals surface area contributed by atoms with Gasteiger partial charge in [0.25, 0.3) is 15.9 Å². The van der Waals surface area contributed by atoms with Crippen LogP contribution in [0.4, 0.5) is 5.13 Å². The van der Waals surface area contributed by atoms with Gasteiger partial charge in [-0.15, -0.1) is 10.2 Å². The number of sulfonamides is 1. The Balaban J connectivity index is 1.97. The number of benzene rings is 1. The highest BCUT2D eigenvalue weighted by molar-refractivity contribution is 7.91. The molecular weight excluding hydrogens is 388 g/mol. The number of amides is 1. The molecule has 2 rings (SSSR count). The van der Waals surface area contributed by atoms with Crippen LogP contribution < -0.4 is 10.0 Å². The van der Waals surface area contributed by atoms with E-state index < -0.39 is 15.9 Å². The maximum absolute atomic E-state index is 12.1. The van der Waals surface area contributed by atoms with Crippen molar-refractivity contribution in [2.24, 2.45) is 0 Å². The maximum Gasteiger partial charge on any atom is 0.269 e. The molecule has 1 aromatic heterocycles. The van der Waals surface area contributed by atoms with Gasteiger partial charge in [0.15, 0.2) is 0 Å². The molecule has 0 fully saturated rings. The van der Waals surface area contributed by atoms with E-state index in [1.807, 2.05) is 6.92 Å². The summed E-state index contributed by atoms with van der Waals surface area (Å²) in [7, 11) is -3.77. The molecule has 0 atom stereocenters. The lowest BCUT2D eigenvalue weighted by molar-refractivity contribution is 0.102. The van der Waals surface area contributed by atoms with Crippen molar-refractivity contribution in [3.8, 4) is 0 Å². The number of hydrogen-bond acceptors (Lipinski definition) is 7. The van der Waals surface area contributed by atoms with Crippen LogP contribution in [0.5, 0.6) is 0 Å². The minimum Gasteiger partial charge on any atom is -0.382 e. The molecule has 0 radical (unpaired) electrons. The fraction of sp³-hybridized carbons (Fsp3) is 0.357. The zero-order chi connectivity index (χ0) is 18.3. The van der Waals surface area contributed by atoms with Crippen molar-refractivity contribution in [3.63, 3.8) is 0 Å². The first-order valence-corrected chi connectivity index (χ1v) is 10.1. The standard InChI is InChI=1S/C14H17ClN4O4S2/c1-2-23-9-5-8-16-25(21,22)14-19-18-13(24-14)17-12(20)10-6-3-4-7-11(10)15/h3-4,6-7,16H,2,5,8-9H2,1H3,(H,17,18,20). The van der Waals surface area contributed by atoms with Gasteiger partial charge in [0, 0.05) is 19.8 Å². The third kappa shape index (κ3) is 5.72. The van der Waals surface area contributed by atoms with Crippen molar-refractivity contribution in [2.45, 2.75) is 17.7 Å². The molecule has 1 amide bonds. The largest absolute Gasteiger partial charge is 0.382 e. The Labute approximate surface area is 154 Å². The molecule has 25 heavy (non-hydrogen) atoms. The van der Waals surface area contributed by atoms with E-state index in [0.29, 0.717) is 19.6 Å². The molecule has 0 aliphatic carbocycles. The van der Waals surface area contributed by atoms with E-state index in [0.717, 1.165) is 11.3 Å². The summed E-state index contributed by atoms with van der Waals surface area (Å²) in [5.74, 6) is -0.490. The highest BCUT2D eigenvalue weighted by Gasteiger charge is 2.21. The number of rotatable bonds is 9. The van der Waals surface area contributed by atoms with Gasteiger partial charge in [0.1, 0.15) is 0 Å². The summed E-state index contributed by atoms with van der Waals surface area (Å²) in [5.41, 5.74) is 0.262. The summed E-state index contributed by atoms with van der Waals surface area (Å²) in [5, 5.41) is 10.1. The van der Waals surface area contributed by atoms with Crippen LogP contribution in [0.2, 0.25) is 5.02 Å². The molecule has 8 nitrogen and oxygen atoms in total. The van der Waals surface area contributed by atoms with Gasteiger partial charge in [-0.25, -0.2) is 13.1 Å². The minimum atomic E-state index is -3.77. The number of hydrogen-bond donors (Lipinski definition) is 2. The molecule has 136 valence electrons. The lowest BCUT2D eigenvalue weighted by Gasteiger charge is -2.03. The second-order valence-electron chi connectivity index (χ2n) is 4.76. The Kier molecular flexibility index (Phi) is 7.26. The summed E-state index contributed by atoms with van der Waals surface area (Å²) in [6.07, 6.45) is 0.544. The molecule has 2 N–H and O–H groups in total. The number of halogens is 1. The number of nitrogens with one attached hydrogen (secondary N) is 2. The van der Waals surface area contributed by atoms with E-state index in [9.17, 15) is 13.2 Å². The summed E-state index contributed by atoms with van der Waals surface area (Å²) in [4.78, 5) is 12.1. The predicted octanol–water partition coefficient (Wildman–Crippen LogP) is 2.15. The topological polar surface area (TPSA) is 110 Å². The van der Waals surface area contributed by atoms with Crippen molar-refractivity contribution in [1.29, 1.82) is 0 Å². The molecule has 11 heteroatoms. The van der Waals surface area contributed by atoms with E-state index >= 15 is 0 Å². The third-order valence-electron chi connectivity index (χ3n) is 2.94. The van der Waals surface area contributed by atoms with Crippen molar-refractivity contribution < 1.29 is 17.9 Å². The van der Waals surface area contributed by atoms with Gasteiger partial charge in [-0.3, -0.25) is 10.1 Å². The van der Waals surface area contributed by atoms with E-state index in [4.69, 9.17) is 16.3 Å². The van der Waals surface area contributed by atoms with Gasteiger partial charge in [-0.2, -0.15) is 0 Å². The van der Waals surface area contributed by atoms with Crippen molar-refractivity contribution >= 4 is 44.0 Å². The smallest absolute Gasteiger partial charge is 0.269 e. The van der Waals surface area contributed by atoms with Crippen LogP contribution in [-0.4, -0.2) is 44.3 Å². The van der Waals surface area contributed by atoms with E-state index in [1.165, 1.54) is 0 Å². The normalized spacial score (nSPS) is 11.4. The number of aromatic nitrogens is 2. The van der Waals surface area contributed by atoms with Gasteiger partial charge in [0.2, 0.25) is 9.47 Å². The van der Waals surface area contributed by atoms with Gasteiger partial charge >= 0.3 is 0 Å². The Bertz CT molecular complexity index is 826. The van der Waals surface area contributed by atoms with Crippen LogP contribution in [-0.2, 0) is 14.8 Å². The summed E-state index contributed by atoms with van der Waals surface area (Å²) < 4.78 is 31.5. The lowest BCUT2D eigenvalue weighted by Crippen LogP contribution is -2.25. The maximum atomic E-state index is 12.1. The number of nitrogens with zero attached hydrogens (tertiary/aromatic N) is 2. The first-order chi connectivity index (χ1) is 11.9. The molecule has 0 aliphatic heterocycles. The second-order valence-corrected chi connectivity index (χ2v) is 8.08. The Morgan fingerprint density at radius 2 is 2.08 bits per heavy atom. The fourth-order valence-electron chi connectivity index (χ4n) is 1.77. The molecule has 0 unspecified atom stereocenters. The zero-order valence-corrected chi connectivity index (χ0v) is 15.7. The molecular formula is C14H17ClN4O4S2. The summed E-state index contributed by atoms with van der Waals surface area (Å²) in [6, 6.07) is 6.50. The molecule has 0 bridgehead atoms. The number of ether oxygens (including phenoxy) is 1. The van der Waals surface area contributed by atoms with Crippen LogP contribution in [0.25, 0.3) is 0 Å². The predicted molar refractivity (Wildman–Crippen MR) is 95.6 cm³/mol. The van der Waals surface area contributed by atoms with E-state index in [-0.39, 0.29) is 26.6 Å². The fourth-order valence-corrected chi connectivity index (χ4v) is 4.00. The molecule has 0 saturated carbocycles. The van der Waals surface area contributed by atoms with Crippen molar-refractivity contribution in [1.82, 2.24) is 14.9 Å². The summed E-state index contributed by atoms with van der Waals surface area (Å²) in [6.45, 7) is 3.14. The van der Waals surface area contributed by atoms with E-state index in [1.54, 1.807) is 24.3 Å². The number of carbonyl (C=O) groups excluding carboxylic acids is 1. The molecule has 0 saturated heterocycles. The Hall–Kier alpha value is -1.59. The average molecular weight is 405 g/mol. The SMILES string of the molecule is CCOCCCNS(=O)(=O)c1nnc(NC(=O)c2ccccc2Cl)s1. The van der Waals surface area contributed by atoms with Gasteiger partial charge in [-0.1, -0.05) is 35.1 Å². The molecule has 0 aliphatic rings. The van der Waals surface area contributed by atoms with Crippen LogP contribution in [0, 0.1) is 0 Å². The van der Waals surface area contributed by atoms with Gasteiger partial charge in [0.05, 0.1) is 10.6 Å². The van der Waals surface area contributed by atoms with Crippen LogP contribution in [0.15, 0.2) is 28.6 Å². The number of carbonyl (C=O) groups is 1. The van der Waals surface area contributed by atoms with Crippen molar-refractivity contribution in [3.05, 3.63) is 34.9 Å². The van der Waals surface area contributed by atoms with E-state index in [2.05, 4.69) is 20.2 Å². The van der Waals surface area contributed by atoms with Crippen LogP contribution in [0.3, 0.4) is 0 Å². The first kappa shape index (κ1) is 19.7. The Morgan fingerprint density at radius 1 is 1.32 bits per heavy atom. The highest BCUT2D eigenvalue weighted by atomic mass is 35.5. The van der Waals surface area contributed by atoms with Crippen LogP contribution in [0.1, 0.15) is 23.7 Å². The third-order valence-corrected chi connectivity index (χ3v) is 5.93. The number of anilines is 1. The molecule has 1 heterocycles. The second kappa shape index (κ2) is 9.20. The Morgan fingerprint density at radius 3 is 2.80 bits per heavy atom. The summed E-state index contributed by atoms with van der Waals surface area (Å²) >= 11 is 6.70. The monoisotopic (exact) mass is 404 g/mol. The van der Waals surface area contributed by atoms with Gasteiger partial charge in [-0.05, 0) is 25.5 Å². The van der Waals surface area contributed by atoms with Crippen molar-refractivity contribution in [2.75, 3.05) is 25.1 Å².